The van der Waals surface area contributed by atoms with E-state index < -0.39 is 74.1 Å². The second-order valence-corrected chi connectivity index (χ2v) is 7.59. The van der Waals surface area contributed by atoms with Gasteiger partial charge in [-0.2, -0.15) is 5.26 Å². The van der Waals surface area contributed by atoms with Crippen LogP contribution in [0, 0.1) is 11.3 Å². The molecule has 2 fully saturated rings. The summed E-state index contributed by atoms with van der Waals surface area (Å²) in [5, 5.41) is 69.7. The van der Waals surface area contributed by atoms with Crippen molar-refractivity contribution in [2.24, 2.45) is 0 Å². The summed E-state index contributed by atoms with van der Waals surface area (Å²) in [7, 11) is 0. The molecule has 0 amide bonds. The summed E-state index contributed by atoms with van der Waals surface area (Å²) in [5.41, 5.74) is 0.509. The third-order valence-electron chi connectivity index (χ3n) is 5.39. The van der Waals surface area contributed by atoms with Crippen molar-refractivity contribution in [2.75, 3.05) is 6.61 Å². The lowest BCUT2D eigenvalue weighted by molar-refractivity contribution is -0.331. The zero-order valence-electron chi connectivity index (χ0n) is 16.7. The molecule has 11 nitrogen and oxygen atoms in total. The lowest BCUT2D eigenvalue weighted by Crippen LogP contribution is -2.61. The van der Waals surface area contributed by atoms with E-state index in [1.54, 1.807) is 30.3 Å². The molecule has 0 saturated carbocycles. The summed E-state index contributed by atoms with van der Waals surface area (Å²) in [6, 6.07) is 10.4. The van der Waals surface area contributed by atoms with Crippen LogP contribution >= 0.6 is 0 Å². The number of aliphatic hydroxyl groups excluding tert-OH is 6. The van der Waals surface area contributed by atoms with Gasteiger partial charge >= 0.3 is 0 Å². The first-order chi connectivity index (χ1) is 14.7. The largest absolute Gasteiger partial charge is 0.388 e. The van der Waals surface area contributed by atoms with Crippen molar-refractivity contribution in [3.8, 4) is 6.07 Å². The normalized spacial score (nSPS) is 42.0. The van der Waals surface area contributed by atoms with Gasteiger partial charge in [0.2, 0.25) is 0 Å². The summed E-state index contributed by atoms with van der Waals surface area (Å²) in [6.45, 7) is 1.07. The van der Waals surface area contributed by atoms with Gasteiger partial charge in [-0.1, -0.05) is 30.3 Å². The van der Waals surface area contributed by atoms with Gasteiger partial charge in [0.25, 0.3) is 0 Å². The third-order valence-corrected chi connectivity index (χ3v) is 5.39. The highest BCUT2D eigenvalue weighted by Gasteiger charge is 2.47. The number of benzene rings is 1. The van der Waals surface area contributed by atoms with E-state index in [0.717, 1.165) is 0 Å². The highest BCUT2D eigenvalue weighted by Crippen LogP contribution is 2.28. The van der Waals surface area contributed by atoms with Gasteiger partial charge < -0.3 is 49.6 Å². The Bertz CT molecular complexity index is 745. The number of ether oxygens (including phenoxy) is 4. The molecule has 172 valence electrons. The molecule has 2 saturated heterocycles. The van der Waals surface area contributed by atoms with E-state index in [-0.39, 0.29) is 0 Å². The van der Waals surface area contributed by atoms with Crippen LogP contribution in [0.4, 0.5) is 0 Å². The maximum atomic E-state index is 10.2. The second-order valence-electron chi connectivity index (χ2n) is 7.59. The smallest absolute Gasteiger partial charge is 0.188 e. The minimum atomic E-state index is -1.66. The standard InChI is InChI=1S/C20H27NO10/c1-9-13(22)15(24)17(26)19(29-9)28-8-12-14(23)16(25)18(27)20(31-12)30-11(7-21)10-5-3-2-4-6-10/h2-6,9,11-20,22-27H,8H2,1H3/t9-,11-,12+,13-,14+,15+,16-,17+,18+,19+,20+/m0/s1. The molecule has 0 radical (unpaired) electrons. The van der Waals surface area contributed by atoms with E-state index in [4.69, 9.17) is 18.9 Å². The van der Waals surface area contributed by atoms with Crippen molar-refractivity contribution in [1.82, 2.24) is 0 Å². The van der Waals surface area contributed by atoms with Gasteiger partial charge in [-0.15, -0.1) is 0 Å². The van der Waals surface area contributed by atoms with Crippen LogP contribution in [0.2, 0.25) is 0 Å². The van der Waals surface area contributed by atoms with Gasteiger partial charge in [0, 0.05) is 0 Å². The van der Waals surface area contributed by atoms with Crippen LogP contribution < -0.4 is 0 Å². The molecule has 6 N–H and O–H groups in total. The topological polar surface area (TPSA) is 182 Å². The van der Waals surface area contributed by atoms with E-state index in [9.17, 15) is 35.9 Å². The maximum absolute atomic E-state index is 10.2. The van der Waals surface area contributed by atoms with Crippen LogP contribution in [0.15, 0.2) is 30.3 Å². The second kappa shape index (κ2) is 10.3. The molecule has 11 atom stereocenters. The highest BCUT2D eigenvalue weighted by molar-refractivity contribution is 5.22. The van der Waals surface area contributed by atoms with Crippen LogP contribution in [0.25, 0.3) is 0 Å². The van der Waals surface area contributed by atoms with Gasteiger partial charge in [0.05, 0.1) is 18.8 Å². The molecule has 2 aliphatic heterocycles. The van der Waals surface area contributed by atoms with Crippen molar-refractivity contribution in [1.29, 1.82) is 5.26 Å². The Kier molecular flexibility index (Phi) is 7.95. The zero-order valence-corrected chi connectivity index (χ0v) is 16.7. The molecule has 11 heteroatoms. The van der Waals surface area contributed by atoms with E-state index in [1.807, 2.05) is 6.07 Å². The fourth-order valence-corrected chi connectivity index (χ4v) is 3.45. The van der Waals surface area contributed by atoms with Gasteiger partial charge in [-0.05, 0) is 12.5 Å². The van der Waals surface area contributed by atoms with Crippen molar-refractivity contribution in [2.45, 2.75) is 74.4 Å². The molecule has 0 spiro atoms. The predicted molar refractivity (Wildman–Crippen MR) is 101 cm³/mol. The quantitative estimate of drug-likeness (QED) is 0.285. The fraction of sp³-hybridized carbons (Fsp3) is 0.650. The Labute approximate surface area is 178 Å². The van der Waals surface area contributed by atoms with Crippen molar-refractivity contribution < 1.29 is 49.6 Å². The third kappa shape index (κ3) is 5.21. The van der Waals surface area contributed by atoms with Gasteiger partial charge in [0.1, 0.15) is 42.7 Å². The summed E-state index contributed by atoms with van der Waals surface area (Å²) in [4.78, 5) is 0. The lowest BCUT2D eigenvalue weighted by Gasteiger charge is -2.42. The van der Waals surface area contributed by atoms with Gasteiger partial charge in [-0.25, -0.2) is 0 Å². The molecule has 3 rings (SSSR count). The van der Waals surface area contributed by atoms with E-state index in [1.165, 1.54) is 6.92 Å². The molecule has 0 aromatic heterocycles. The Balaban J connectivity index is 1.65. The van der Waals surface area contributed by atoms with Crippen LogP contribution in [0.1, 0.15) is 18.6 Å². The van der Waals surface area contributed by atoms with Gasteiger partial charge in [-0.3, -0.25) is 0 Å². The van der Waals surface area contributed by atoms with Crippen molar-refractivity contribution >= 4 is 0 Å². The maximum Gasteiger partial charge on any atom is 0.188 e. The average Bonchev–Trinajstić information content (AvgIpc) is 2.78. The van der Waals surface area contributed by atoms with Crippen molar-refractivity contribution in [3.63, 3.8) is 0 Å². The molecule has 0 bridgehead atoms. The summed E-state index contributed by atoms with van der Waals surface area (Å²) in [6.07, 6.45) is -15.2. The lowest BCUT2D eigenvalue weighted by atomic mass is 9.98. The Morgan fingerprint density at radius 1 is 0.871 bits per heavy atom. The zero-order chi connectivity index (χ0) is 22.7. The fourth-order valence-electron chi connectivity index (χ4n) is 3.45. The number of aliphatic hydroxyl groups is 6. The monoisotopic (exact) mass is 441 g/mol. The molecule has 0 unspecified atom stereocenters. The SMILES string of the molecule is C[C@@H]1O[C@@H](OC[C@H]2O[C@@H](O[C@@H](C#N)c3ccccc3)[C@H](O)[C@@H](O)[C@@H]2O)[C@H](O)[C@H](O)[C@H]1O. The Morgan fingerprint density at radius 3 is 2.13 bits per heavy atom. The minimum Gasteiger partial charge on any atom is -0.388 e. The Morgan fingerprint density at radius 2 is 1.48 bits per heavy atom. The first-order valence-corrected chi connectivity index (χ1v) is 9.85. The molecule has 1 aromatic rings. The van der Waals surface area contributed by atoms with Crippen LogP contribution in [-0.4, -0.2) is 98.7 Å². The summed E-state index contributed by atoms with van der Waals surface area (Å²) in [5.74, 6) is 0. The summed E-state index contributed by atoms with van der Waals surface area (Å²) < 4.78 is 21.8. The molecule has 1 aromatic carbocycles. The molecule has 2 heterocycles. The molecular formula is C20H27NO10. The van der Waals surface area contributed by atoms with E-state index in [0.29, 0.717) is 5.56 Å². The van der Waals surface area contributed by atoms with E-state index >= 15 is 0 Å². The average molecular weight is 441 g/mol. The Hall–Kier alpha value is -1.69. The van der Waals surface area contributed by atoms with Crippen LogP contribution in [0.5, 0.6) is 0 Å². The van der Waals surface area contributed by atoms with Crippen molar-refractivity contribution in [3.05, 3.63) is 35.9 Å². The number of rotatable bonds is 6. The molecule has 2 aliphatic rings. The van der Waals surface area contributed by atoms with Crippen LogP contribution in [0.3, 0.4) is 0 Å². The number of nitrogens with zero attached hydrogens (tertiary/aromatic N) is 1. The van der Waals surface area contributed by atoms with E-state index in [2.05, 4.69) is 0 Å². The predicted octanol–water partition coefficient (Wildman–Crippen LogP) is -2.08. The summed E-state index contributed by atoms with van der Waals surface area (Å²) >= 11 is 0. The number of hydrogen-bond acceptors (Lipinski definition) is 11. The molecule has 0 aliphatic carbocycles. The minimum absolute atomic E-state index is 0.412. The molecule has 31 heavy (non-hydrogen) atoms. The highest BCUT2D eigenvalue weighted by atomic mass is 16.7. The van der Waals surface area contributed by atoms with Gasteiger partial charge in [0.15, 0.2) is 18.7 Å². The first-order valence-electron chi connectivity index (χ1n) is 9.85. The van der Waals surface area contributed by atoms with Crippen LogP contribution in [-0.2, 0) is 18.9 Å². The first kappa shape index (κ1) is 24.0. The molecular weight excluding hydrogens is 414 g/mol. The number of hydrogen-bond donors (Lipinski definition) is 6. The number of nitriles is 1.